The smallest absolute Gasteiger partial charge is 0.251 e. The van der Waals surface area contributed by atoms with E-state index in [0.717, 1.165) is 38.5 Å². The number of nitrogens with one attached hydrogen (secondary N) is 1. The Hall–Kier alpha value is -1.71. The summed E-state index contributed by atoms with van der Waals surface area (Å²) in [6, 6.07) is 5.23. The van der Waals surface area contributed by atoms with Crippen LogP contribution in [0.3, 0.4) is 0 Å². The van der Waals surface area contributed by atoms with Gasteiger partial charge in [0.1, 0.15) is 5.75 Å². The summed E-state index contributed by atoms with van der Waals surface area (Å²) in [6.07, 6.45) is 6.62. The largest absolute Gasteiger partial charge is 0.491 e. The first-order chi connectivity index (χ1) is 10.2. The Kier molecular flexibility index (Phi) is 8.32. The van der Waals surface area contributed by atoms with Crippen molar-refractivity contribution < 1.29 is 9.53 Å². The Labute approximate surface area is 128 Å². The molecule has 0 bridgehead atoms. The van der Waals surface area contributed by atoms with Gasteiger partial charge < -0.3 is 15.8 Å². The third kappa shape index (κ3) is 6.52. The minimum Gasteiger partial charge on any atom is -0.491 e. The predicted molar refractivity (Wildman–Crippen MR) is 87.7 cm³/mol. The standard InChI is InChI=1S/C17H28N2O2/c1-3-5-7-11-19-17(20)14-9-10-16(15(18)13-14)21-12-8-6-4-2/h9-10,13H,3-8,11-12,18H2,1-2H3,(H,19,20). The van der Waals surface area contributed by atoms with Crippen LogP contribution in [-0.2, 0) is 0 Å². The molecular formula is C17H28N2O2. The number of nitrogens with two attached hydrogens (primary N) is 1. The Bertz CT molecular complexity index is 433. The molecule has 4 nitrogen and oxygen atoms in total. The zero-order valence-corrected chi connectivity index (χ0v) is 13.3. The quantitative estimate of drug-likeness (QED) is 0.510. The molecule has 4 heteroatoms. The zero-order chi connectivity index (χ0) is 15.5. The van der Waals surface area contributed by atoms with Crippen molar-refractivity contribution in [3.8, 4) is 5.75 Å². The van der Waals surface area contributed by atoms with Crippen LogP contribution >= 0.6 is 0 Å². The van der Waals surface area contributed by atoms with E-state index >= 15 is 0 Å². The molecule has 1 rings (SSSR count). The fourth-order valence-electron chi connectivity index (χ4n) is 2.03. The van der Waals surface area contributed by atoms with E-state index in [-0.39, 0.29) is 5.91 Å². The van der Waals surface area contributed by atoms with E-state index in [1.807, 2.05) is 0 Å². The number of unbranched alkanes of at least 4 members (excludes halogenated alkanes) is 4. The van der Waals surface area contributed by atoms with Gasteiger partial charge in [0.05, 0.1) is 12.3 Å². The Morgan fingerprint density at radius 2 is 1.86 bits per heavy atom. The van der Waals surface area contributed by atoms with Gasteiger partial charge in [0, 0.05) is 12.1 Å². The van der Waals surface area contributed by atoms with Crippen molar-refractivity contribution >= 4 is 11.6 Å². The van der Waals surface area contributed by atoms with E-state index in [2.05, 4.69) is 19.2 Å². The van der Waals surface area contributed by atoms with Gasteiger partial charge in [-0.25, -0.2) is 0 Å². The Balaban J connectivity index is 2.46. The first-order valence-corrected chi connectivity index (χ1v) is 7.99. The van der Waals surface area contributed by atoms with Crippen LogP contribution in [0.2, 0.25) is 0 Å². The van der Waals surface area contributed by atoms with Gasteiger partial charge in [-0.2, -0.15) is 0 Å². The van der Waals surface area contributed by atoms with Gasteiger partial charge in [-0.15, -0.1) is 0 Å². The van der Waals surface area contributed by atoms with E-state index in [0.29, 0.717) is 30.2 Å². The number of nitrogen functional groups attached to an aromatic ring is 1. The van der Waals surface area contributed by atoms with Crippen LogP contribution < -0.4 is 15.8 Å². The molecule has 0 aliphatic rings. The van der Waals surface area contributed by atoms with Crippen LogP contribution in [0.25, 0.3) is 0 Å². The summed E-state index contributed by atoms with van der Waals surface area (Å²) < 4.78 is 5.63. The fraction of sp³-hybridized carbons (Fsp3) is 0.588. The first-order valence-electron chi connectivity index (χ1n) is 7.99. The highest BCUT2D eigenvalue weighted by Crippen LogP contribution is 2.22. The molecule has 3 N–H and O–H groups in total. The van der Waals surface area contributed by atoms with Crippen molar-refractivity contribution in [3.05, 3.63) is 23.8 Å². The number of carbonyl (C=O) groups is 1. The lowest BCUT2D eigenvalue weighted by Crippen LogP contribution is -2.24. The molecule has 118 valence electrons. The summed E-state index contributed by atoms with van der Waals surface area (Å²) in [5.74, 6) is 0.587. The number of carbonyl (C=O) groups excluding carboxylic acids is 1. The second kappa shape index (κ2) is 10.1. The molecule has 1 aromatic carbocycles. The van der Waals surface area contributed by atoms with Crippen molar-refractivity contribution in [2.24, 2.45) is 0 Å². The third-order valence-corrected chi connectivity index (χ3v) is 3.34. The molecule has 0 saturated carbocycles. The third-order valence-electron chi connectivity index (χ3n) is 3.34. The van der Waals surface area contributed by atoms with Gasteiger partial charge in [0.15, 0.2) is 0 Å². The zero-order valence-electron chi connectivity index (χ0n) is 13.3. The molecule has 21 heavy (non-hydrogen) atoms. The maximum absolute atomic E-state index is 12.0. The first kappa shape index (κ1) is 17.3. The summed E-state index contributed by atoms with van der Waals surface area (Å²) in [6.45, 7) is 5.67. The maximum atomic E-state index is 12.0. The van der Waals surface area contributed by atoms with Crippen LogP contribution in [-0.4, -0.2) is 19.1 Å². The average Bonchev–Trinajstić information content (AvgIpc) is 2.49. The Morgan fingerprint density at radius 1 is 1.14 bits per heavy atom. The summed E-state index contributed by atoms with van der Waals surface area (Å²) in [5, 5.41) is 2.91. The number of rotatable bonds is 10. The van der Waals surface area contributed by atoms with Gasteiger partial charge >= 0.3 is 0 Å². The van der Waals surface area contributed by atoms with E-state index in [4.69, 9.17) is 10.5 Å². The van der Waals surface area contributed by atoms with E-state index in [1.165, 1.54) is 0 Å². The normalized spacial score (nSPS) is 10.4. The minimum absolute atomic E-state index is 0.0738. The maximum Gasteiger partial charge on any atom is 0.251 e. The number of amides is 1. The Morgan fingerprint density at radius 3 is 2.52 bits per heavy atom. The van der Waals surface area contributed by atoms with Gasteiger partial charge in [-0.3, -0.25) is 4.79 Å². The molecule has 0 aliphatic heterocycles. The van der Waals surface area contributed by atoms with Crippen molar-refractivity contribution in [3.63, 3.8) is 0 Å². The monoisotopic (exact) mass is 292 g/mol. The van der Waals surface area contributed by atoms with Gasteiger partial charge in [0.2, 0.25) is 0 Å². The molecule has 0 saturated heterocycles. The second-order valence-electron chi connectivity index (χ2n) is 5.27. The molecule has 0 unspecified atom stereocenters. The number of anilines is 1. The predicted octanol–water partition coefficient (Wildman–Crippen LogP) is 3.76. The van der Waals surface area contributed by atoms with Crippen molar-refractivity contribution in [1.29, 1.82) is 0 Å². The van der Waals surface area contributed by atoms with Crippen LogP contribution in [0.5, 0.6) is 5.75 Å². The summed E-state index contributed by atoms with van der Waals surface area (Å²) >= 11 is 0. The molecule has 0 fully saturated rings. The van der Waals surface area contributed by atoms with Gasteiger partial charge in [0.25, 0.3) is 5.91 Å². The second-order valence-corrected chi connectivity index (χ2v) is 5.27. The summed E-state index contributed by atoms with van der Waals surface area (Å²) in [5.41, 5.74) is 7.05. The van der Waals surface area contributed by atoms with Gasteiger partial charge in [-0.05, 0) is 31.0 Å². The number of benzene rings is 1. The lowest BCUT2D eigenvalue weighted by molar-refractivity contribution is 0.0953. The van der Waals surface area contributed by atoms with E-state index in [9.17, 15) is 4.79 Å². The highest BCUT2D eigenvalue weighted by Gasteiger charge is 2.08. The van der Waals surface area contributed by atoms with Crippen LogP contribution in [0.4, 0.5) is 5.69 Å². The lowest BCUT2D eigenvalue weighted by Gasteiger charge is -2.10. The molecule has 0 atom stereocenters. The SMILES string of the molecule is CCCCCNC(=O)c1ccc(OCCCCC)c(N)c1. The molecule has 1 aromatic rings. The molecule has 1 amide bonds. The van der Waals surface area contributed by atoms with Crippen molar-refractivity contribution in [1.82, 2.24) is 5.32 Å². The number of ether oxygens (including phenoxy) is 1. The molecular weight excluding hydrogens is 264 g/mol. The average molecular weight is 292 g/mol. The fourth-order valence-corrected chi connectivity index (χ4v) is 2.03. The highest BCUT2D eigenvalue weighted by atomic mass is 16.5. The van der Waals surface area contributed by atoms with Gasteiger partial charge in [-0.1, -0.05) is 39.5 Å². The molecule has 0 spiro atoms. The van der Waals surface area contributed by atoms with Crippen LogP contribution in [0.1, 0.15) is 62.7 Å². The van der Waals surface area contributed by atoms with Crippen molar-refractivity contribution in [2.75, 3.05) is 18.9 Å². The number of hydrogen-bond acceptors (Lipinski definition) is 3. The van der Waals surface area contributed by atoms with Crippen LogP contribution in [0, 0.1) is 0 Å². The van der Waals surface area contributed by atoms with Crippen LogP contribution in [0.15, 0.2) is 18.2 Å². The number of hydrogen-bond donors (Lipinski definition) is 2. The lowest BCUT2D eigenvalue weighted by atomic mass is 10.1. The molecule has 0 radical (unpaired) electrons. The van der Waals surface area contributed by atoms with Crippen molar-refractivity contribution in [2.45, 2.75) is 52.4 Å². The summed E-state index contributed by atoms with van der Waals surface area (Å²) in [7, 11) is 0. The molecule has 0 heterocycles. The van der Waals surface area contributed by atoms with E-state index < -0.39 is 0 Å². The van der Waals surface area contributed by atoms with E-state index in [1.54, 1.807) is 18.2 Å². The topological polar surface area (TPSA) is 64.3 Å². The molecule has 0 aliphatic carbocycles. The minimum atomic E-state index is -0.0738. The molecule has 0 aromatic heterocycles. The summed E-state index contributed by atoms with van der Waals surface area (Å²) in [4.78, 5) is 12.0. The highest BCUT2D eigenvalue weighted by molar-refractivity contribution is 5.95.